The molecule has 0 unspecified atom stereocenters. The van der Waals surface area contributed by atoms with Crippen molar-refractivity contribution in [2.75, 3.05) is 0 Å². The minimum absolute atomic E-state index is 0.415. The van der Waals surface area contributed by atoms with E-state index in [2.05, 4.69) is 36.5 Å². The lowest BCUT2D eigenvalue weighted by Crippen LogP contribution is -1.90. The first-order chi connectivity index (χ1) is 9.81. The van der Waals surface area contributed by atoms with Crippen LogP contribution in [0.4, 0.5) is 0 Å². The van der Waals surface area contributed by atoms with Crippen LogP contribution in [0.5, 0.6) is 0 Å². The van der Waals surface area contributed by atoms with Crippen LogP contribution in [0, 0.1) is 11.3 Å². The predicted molar refractivity (Wildman–Crippen MR) is 78.3 cm³/mol. The Morgan fingerprint density at radius 1 is 1.05 bits per heavy atom. The highest BCUT2D eigenvalue weighted by Gasteiger charge is 1.95. The topological polar surface area (TPSA) is 45.4 Å². The summed E-state index contributed by atoms with van der Waals surface area (Å²) in [6.07, 6.45) is 3.77. The largest absolute Gasteiger partial charge is 0.390 e. The Hall–Kier alpha value is -2.60. The summed E-state index contributed by atoms with van der Waals surface area (Å²) in [5.41, 5.74) is 3.67. The van der Waals surface area contributed by atoms with Crippen LogP contribution in [0.3, 0.4) is 0 Å². The van der Waals surface area contributed by atoms with Gasteiger partial charge in [0.15, 0.2) is 0 Å². The summed E-state index contributed by atoms with van der Waals surface area (Å²) in [5.74, 6) is 0. The summed E-state index contributed by atoms with van der Waals surface area (Å²) in [6, 6.07) is 17.4. The molecule has 0 heterocycles. The fraction of sp³-hybridized carbons (Fsp3) is 0.176. The molecule has 0 N–H and O–H groups in total. The molecule has 99 valence electrons. The number of hydrogen-bond donors (Lipinski definition) is 0. The fourth-order valence-electron chi connectivity index (χ4n) is 1.79. The summed E-state index contributed by atoms with van der Waals surface area (Å²) in [6.45, 7) is 2.53. The Kier molecular flexibility index (Phi) is 4.91. The van der Waals surface area contributed by atoms with Crippen LogP contribution in [0.25, 0.3) is 0 Å². The molecular formula is C17H15N2O. The lowest BCUT2D eigenvalue weighted by molar-refractivity contribution is 0.132. The van der Waals surface area contributed by atoms with Gasteiger partial charge < -0.3 is 4.84 Å². The van der Waals surface area contributed by atoms with E-state index in [4.69, 9.17) is 10.1 Å². The first-order valence-electron chi connectivity index (χ1n) is 6.48. The number of nitriles is 1. The molecular weight excluding hydrogens is 248 g/mol. The van der Waals surface area contributed by atoms with Crippen molar-refractivity contribution in [3.63, 3.8) is 0 Å². The first-order valence-corrected chi connectivity index (χ1v) is 6.48. The van der Waals surface area contributed by atoms with E-state index >= 15 is 0 Å². The van der Waals surface area contributed by atoms with Crippen LogP contribution in [0.15, 0.2) is 53.7 Å². The van der Waals surface area contributed by atoms with Gasteiger partial charge in [-0.15, -0.1) is 0 Å². The van der Waals surface area contributed by atoms with Crippen LogP contribution < -0.4 is 0 Å². The number of hydrogen-bond acceptors (Lipinski definition) is 3. The zero-order valence-corrected chi connectivity index (χ0v) is 11.3. The van der Waals surface area contributed by atoms with Crippen LogP contribution >= 0.6 is 0 Å². The van der Waals surface area contributed by atoms with Crippen molar-refractivity contribution >= 4 is 6.21 Å². The maximum atomic E-state index is 8.79. The zero-order valence-electron chi connectivity index (χ0n) is 11.3. The number of nitrogens with zero attached hydrogens (tertiary/aromatic N) is 2. The SMILES string of the molecule is CCc1cccc(CO/N=[C]\c2cccc(C#N)c2)c1. The standard InChI is InChI=1S/C17H15N2O/c1-2-14-5-3-8-17(9-14)13-20-19-12-16-7-4-6-15(10-16)11-18/h3-10H,2,13H2,1H3. The van der Waals surface area contributed by atoms with Gasteiger partial charge in [0.05, 0.1) is 11.6 Å². The summed E-state index contributed by atoms with van der Waals surface area (Å²) < 4.78 is 0. The minimum atomic E-state index is 0.415. The van der Waals surface area contributed by atoms with Crippen molar-refractivity contribution in [2.24, 2.45) is 5.16 Å². The Morgan fingerprint density at radius 3 is 2.60 bits per heavy atom. The molecule has 0 bridgehead atoms. The Bertz CT molecular complexity index is 641. The molecule has 0 aliphatic carbocycles. The van der Waals surface area contributed by atoms with Gasteiger partial charge in [0, 0.05) is 5.56 Å². The Balaban J connectivity index is 1.91. The van der Waals surface area contributed by atoms with Crippen molar-refractivity contribution in [1.82, 2.24) is 0 Å². The zero-order chi connectivity index (χ0) is 14.2. The van der Waals surface area contributed by atoms with Crippen molar-refractivity contribution in [3.05, 3.63) is 70.8 Å². The van der Waals surface area contributed by atoms with Crippen molar-refractivity contribution < 1.29 is 4.84 Å². The third kappa shape index (κ3) is 3.96. The summed E-state index contributed by atoms with van der Waals surface area (Å²) in [4.78, 5) is 5.23. The van der Waals surface area contributed by atoms with Crippen LogP contribution in [-0.2, 0) is 17.9 Å². The summed E-state index contributed by atoms with van der Waals surface area (Å²) in [7, 11) is 0. The molecule has 20 heavy (non-hydrogen) atoms. The normalized spacial score (nSPS) is 10.4. The fourth-order valence-corrected chi connectivity index (χ4v) is 1.79. The molecule has 0 fully saturated rings. The monoisotopic (exact) mass is 263 g/mol. The smallest absolute Gasteiger partial charge is 0.142 e. The molecule has 0 saturated carbocycles. The van der Waals surface area contributed by atoms with Gasteiger partial charge in [-0.05, 0) is 29.7 Å². The van der Waals surface area contributed by atoms with Gasteiger partial charge in [-0.1, -0.05) is 48.5 Å². The van der Waals surface area contributed by atoms with E-state index in [-0.39, 0.29) is 0 Å². The van der Waals surface area contributed by atoms with Gasteiger partial charge in [0.2, 0.25) is 0 Å². The lowest BCUT2D eigenvalue weighted by atomic mass is 10.1. The average molecular weight is 263 g/mol. The molecule has 1 radical (unpaired) electrons. The second-order valence-electron chi connectivity index (χ2n) is 4.34. The van der Waals surface area contributed by atoms with Crippen molar-refractivity contribution in [1.29, 1.82) is 5.26 Å². The van der Waals surface area contributed by atoms with E-state index in [9.17, 15) is 0 Å². The maximum Gasteiger partial charge on any atom is 0.142 e. The van der Waals surface area contributed by atoms with E-state index in [1.807, 2.05) is 18.2 Å². The van der Waals surface area contributed by atoms with Gasteiger partial charge >= 0.3 is 0 Å². The van der Waals surface area contributed by atoms with Gasteiger partial charge in [-0.25, -0.2) is 0 Å². The molecule has 0 spiro atoms. The number of rotatable bonds is 5. The number of aryl methyl sites for hydroxylation is 1. The Morgan fingerprint density at radius 2 is 1.80 bits per heavy atom. The van der Waals surface area contributed by atoms with Crippen LogP contribution in [0.1, 0.15) is 29.2 Å². The third-order valence-electron chi connectivity index (χ3n) is 2.86. The average Bonchev–Trinajstić information content (AvgIpc) is 2.52. The van der Waals surface area contributed by atoms with E-state index in [0.717, 1.165) is 17.5 Å². The number of benzene rings is 2. The highest BCUT2D eigenvalue weighted by atomic mass is 16.6. The molecule has 0 saturated heterocycles. The van der Waals surface area contributed by atoms with E-state index in [1.54, 1.807) is 18.2 Å². The molecule has 0 aliphatic rings. The van der Waals surface area contributed by atoms with Gasteiger partial charge in [0.25, 0.3) is 0 Å². The molecule has 2 aromatic carbocycles. The summed E-state index contributed by atoms with van der Waals surface area (Å²) >= 11 is 0. The molecule has 0 aromatic heterocycles. The Labute approximate surface area is 119 Å². The molecule has 0 atom stereocenters. The molecule has 2 aromatic rings. The van der Waals surface area contributed by atoms with Gasteiger partial charge in [-0.2, -0.15) is 5.26 Å². The highest BCUT2D eigenvalue weighted by Crippen LogP contribution is 2.07. The van der Waals surface area contributed by atoms with E-state index in [1.165, 1.54) is 5.56 Å². The van der Waals surface area contributed by atoms with Crippen LogP contribution in [0.2, 0.25) is 0 Å². The molecule has 2 rings (SSSR count). The maximum absolute atomic E-state index is 8.79. The third-order valence-corrected chi connectivity index (χ3v) is 2.86. The molecule has 3 nitrogen and oxygen atoms in total. The van der Waals surface area contributed by atoms with E-state index < -0.39 is 0 Å². The van der Waals surface area contributed by atoms with Crippen molar-refractivity contribution in [3.8, 4) is 6.07 Å². The lowest BCUT2D eigenvalue weighted by Gasteiger charge is -2.02. The van der Waals surface area contributed by atoms with Gasteiger partial charge in [0.1, 0.15) is 12.8 Å². The summed E-state index contributed by atoms with van der Waals surface area (Å²) in [5, 5.41) is 12.6. The minimum Gasteiger partial charge on any atom is -0.390 e. The quantitative estimate of drug-likeness (QED) is 0.611. The highest BCUT2D eigenvalue weighted by molar-refractivity contribution is 5.79. The second kappa shape index (κ2) is 7.10. The van der Waals surface area contributed by atoms with E-state index in [0.29, 0.717) is 12.2 Å². The molecule has 0 amide bonds. The predicted octanol–water partition coefficient (Wildman–Crippen LogP) is 3.55. The molecule has 3 heteroatoms. The second-order valence-corrected chi connectivity index (χ2v) is 4.34. The van der Waals surface area contributed by atoms with Crippen molar-refractivity contribution in [2.45, 2.75) is 20.0 Å². The molecule has 0 aliphatic heterocycles. The first kappa shape index (κ1) is 13.8. The van der Waals surface area contributed by atoms with Crippen LogP contribution in [-0.4, -0.2) is 6.21 Å². The van der Waals surface area contributed by atoms with Gasteiger partial charge in [-0.3, -0.25) is 0 Å².